The second-order valence-corrected chi connectivity index (χ2v) is 2.84. The fourth-order valence-electron chi connectivity index (χ4n) is 1.11. The van der Waals surface area contributed by atoms with Gasteiger partial charge in [-0.25, -0.2) is 9.97 Å². The predicted octanol–water partition coefficient (Wildman–Crippen LogP) is 0.999. The van der Waals surface area contributed by atoms with Crippen LogP contribution < -0.4 is 11.1 Å². The zero-order valence-electron chi connectivity index (χ0n) is 7.57. The van der Waals surface area contributed by atoms with Crippen molar-refractivity contribution in [2.24, 2.45) is 0 Å². The Morgan fingerprint density at radius 2 is 2.36 bits per heavy atom. The van der Waals surface area contributed by atoms with Crippen LogP contribution in [0.5, 0.6) is 0 Å². The van der Waals surface area contributed by atoms with E-state index in [1.54, 1.807) is 12.3 Å². The Morgan fingerprint density at radius 1 is 1.43 bits per heavy atom. The van der Waals surface area contributed by atoms with E-state index < -0.39 is 0 Å². The van der Waals surface area contributed by atoms with Gasteiger partial charge in [0.05, 0.1) is 6.54 Å². The van der Waals surface area contributed by atoms with Gasteiger partial charge >= 0.3 is 0 Å². The molecule has 14 heavy (non-hydrogen) atoms. The van der Waals surface area contributed by atoms with Gasteiger partial charge < -0.3 is 16.0 Å². The third-order valence-corrected chi connectivity index (χ3v) is 1.76. The minimum absolute atomic E-state index is 0.489. The summed E-state index contributed by atoms with van der Waals surface area (Å²) in [4.78, 5) is 11.2. The number of hydrogen-bond donors (Lipinski definition) is 3. The first-order chi connectivity index (χ1) is 6.84. The van der Waals surface area contributed by atoms with Crippen LogP contribution in [0.2, 0.25) is 0 Å². The zero-order valence-corrected chi connectivity index (χ0v) is 7.57. The fraction of sp³-hybridized carbons (Fsp3) is 0.111. The van der Waals surface area contributed by atoms with E-state index in [0.29, 0.717) is 18.2 Å². The van der Waals surface area contributed by atoms with E-state index in [2.05, 4.69) is 20.3 Å². The Bertz CT molecular complexity index is 395. The lowest BCUT2D eigenvalue weighted by Crippen LogP contribution is -2.05. The Balaban J connectivity index is 1.98. The first-order valence-corrected chi connectivity index (χ1v) is 4.29. The van der Waals surface area contributed by atoms with E-state index in [1.807, 2.05) is 18.3 Å². The van der Waals surface area contributed by atoms with E-state index in [9.17, 15) is 0 Å². The molecule has 2 aromatic rings. The van der Waals surface area contributed by atoms with Crippen molar-refractivity contribution in [1.29, 1.82) is 0 Å². The average molecular weight is 189 g/mol. The highest BCUT2D eigenvalue weighted by atomic mass is 15.0. The van der Waals surface area contributed by atoms with Gasteiger partial charge in [-0.3, -0.25) is 0 Å². The van der Waals surface area contributed by atoms with Crippen molar-refractivity contribution in [3.8, 4) is 0 Å². The fourth-order valence-corrected chi connectivity index (χ4v) is 1.11. The van der Waals surface area contributed by atoms with E-state index in [4.69, 9.17) is 5.73 Å². The van der Waals surface area contributed by atoms with Crippen LogP contribution in [0, 0.1) is 0 Å². The topological polar surface area (TPSA) is 79.6 Å². The van der Waals surface area contributed by atoms with Crippen molar-refractivity contribution < 1.29 is 0 Å². The molecule has 0 aliphatic carbocycles. The lowest BCUT2D eigenvalue weighted by Gasteiger charge is -2.02. The Hall–Kier alpha value is -2.04. The summed E-state index contributed by atoms with van der Waals surface area (Å²) in [6.07, 6.45) is 3.50. The molecule has 0 aliphatic heterocycles. The number of anilines is 2. The van der Waals surface area contributed by atoms with Gasteiger partial charge in [-0.15, -0.1) is 0 Å². The van der Waals surface area contributed by atoms with Gasteiger partial charge in [-0.1, -0.05) is 0 Å². The van der Waals surface area contributed by atoms with Crippen LogP contribution in [0.1, 0.15) is 5.82 Å². The predicted molar refractivity (Wildman–Crippen MR) is 54.6 cm³/mol. The highest BCUT2D eigenvalue weighted by molar-refractivity contribution is 5.34. The maximum Gasteiger partial charge on any atom is 0.149 e. The molecule has 5 nitrogen and oxygen atoms in total. The second kappa shape index (κ2) is 3.78. The standard InChI is InChI=1S/C9H11N5/c10-7-3-5-12-9(14-7)6-13-8-2-1-4-11-8/h1-5,11,13H,6H2,(H2,10,12,14). The van der Waals surface area contributed by atoms with E-state index >= 15 is 0 Å². The van der Waals surface area contributed by atoms with Gasteiger partial charge in [-0.2, -0.15) is 0 Å². The molecule has 2 aromatic heterocycles. The van der Waals surface area contributed by atoms with Gasteiger partial charge in [0.15, 0.2) is 0 Å². The first-order valence-electron chi connectivity index (χ1n) is 4.29. The van der Waals surface area contributed by atoms with Gasteiger partial charge in [0.1, 0.15) is 17.5 Å². The lowest BCUT2D eigenvalue weighted by atomic mass is 10.5. The van der Waals surface area contributed by atoms with Crippen molar-refractivity contribution in [1.82, 2.24) is 15.0 Å². The van der Waals surface area contributed by atoms with Crippen LogP contribution >= 0.6 is 0 Å². The summed E-state index contributed by atoms with van der Waals surface area (Å²) in [5.41, 5.74) is 5.52. The third-order valence-electron chi connectivity index (χ3n) is 1.76. The molecule has 5 heteroatoms. The number of nitrogens with zero attached hydrogens (tertiary/aromatic N) is 2. The summed E-state index contributed by atoms with van der Waals surface area (Å²) in [5.74, 6) is 2.11. The smallest absolute Gasteiger partial charge is 0.149 e. The van der Waals surface area contributed by atoms with Crippen molar-refractivity contribution in [3.63, 3.8) is 0 Å². The van der Waals surface area contributed by atoms with E-state index in [-0.39, 0.29) is 0 Å². The minimum atomic E-state index is 0.489. The van der Waals surface area contributed by atoms with E-state index in [1.165, 1.54) is 0 Å². The molecule has 0 saturated heterocycles. The summed E-state index contributed by atoms with van der Waals surface area (Å²) in [6, 6.07) is 5.52. The molecule has 4 N–H and O–H groups in total. The monoisotopic (exact) mass is 189 g/mol. The molecule has 0 atom stereocenters. The molecule has 0 aliphatic rings. The Morgan fingerprint density at radius 3 is 3.07 bits per heavy atom. The maximum atomic E-state index is 5.52. The highest BCUT2D eigenvalue weighted by Crippen LogP contribution is 2.03. The Labute approximate surface area is 81.4 Å². The number of nitrogen functional groups attached to an aromatic ring is 1. The summed E-state index contributed by atoms with van der Waals surface area (Å²) in [5, 5.41) is 3.13. The number of aromatic nitrogens is 3. The number of hydrogen-bond acceptors (Lipinski definition) is 4. The number of nitrogens with two attached hydrogens (primary N) is 1. The van der Waals surface area contributed by atoms with Gasteiger partial charge in [-0.05, 0) is 18.2 Å². The normalized spacial score (nSPS) is 10.0. The average Bonchev–Trinajstić information content (AvgIpc) is 2.67. The first kappa shape index (κ1) is 8.55. The molecule has 0 aromatic carbocycles. The molecule has 0 amide bonds. The van der Waals surface area contributed by atoms with Gasteiger partial charge in [0.2, 0.25) is 0 Å². The molecule has 0 spiro atoms. The molecule has 2 rings (SSSR count). The molecule has 0 radical (unpaired) electrons. The van der Waals surface area contributed by atoms with E-state index in [0.717, 1.165) is 5.82 Å². The third kappa shape index (κ3) is 2.01. The van der Waals surface area contributed by atoms with Crippen LogP contribution in [0.25, 0.3) is 0 Å². The molecular weight excluding hydrogens is 178 g/mol. The highest BCUT2D eigenvalue weighted by Gasteiger charge is 1.96. The number of nitrogens with one attached hydrogen (secondary N) is 2. The van der Waals surface area contributed by atoms with Crippen molar-refractivity contribution in [3.05, 3.63) is 36.4 Å². The van der Waals surface area contributed by atoms with Crippen LogP contribution in [0.4, 0.5) is 11.6 Å². The van der Waals surface area contributed by atoms with Gasteiger partial charge in [0.25, 0.3) is 0 Å². The zero-order chi connectivity index (χ0) is 9.80. The summed E-state index contributed by atoms with van der Waals surface area (Å²) < 4.78 is 0. The molecule has 72 valence electrons. The molecular formula is C9H11N5. The second-order valence-electron chi connectivity index (χ2n) is 2.84. The quantitative estimate of drug-likeness (QED) is 0.673. The molecule has 0 unspecified atom stereocenters. The number of aromatic amines is 1. The molecule has 2 heterocycles. The number of rotatable bonds is 3. The summed E-state index contributed by atoms with van der Waals surface area (Å²) >= 11 is 0. The largest absolute Gasteiger partial charge is 0.384 e. The molecule has 0 bridgehead atoms. The molecule has 0 fully saturated rings. The van der Waals surface area contributed by atoms with Crippen LogP contribution in [-0.2, 0) is 6.54 Å². The lowest BCUT2D eigenvalue weighted by molar-refractivity contribution is 0.949. The van der Waals surface area contributed by atoms with Crippen LogP contribution in [0.15, 0.2) is 30.6 Å². The van der Waals surface area contributed by atoms with Crippen molar-refractivity contribution in [2.75, 3.05) is 11.1 Å². The Kier molecular flexibility index (Phi) is 2.31. The van der Waals surface area contributed by atoms with Gasteiger partial charge in [0, 0.05) is 12.4 Å². The van der Waals surface area contributed by atoms with Crippen LogP contribution in [-0.4, -0.2) is 15.0 Å². The van der Waals surface area contributed by atoms with Crippen molar-refractivity contribution >= 4 is 11.6 Å². The summed E-state index contributed by atoms with van der Waals surface area (Å²) in [6.45, 7) is 0.561. The molecule has 0 saturated carbocycles. The maximum absolute atomic E-state index is 5.52. The number of H-pyrrole nitrogens is 1. The minimum Gasteiger partial charge on any atom is -0.384 e. The van der Waals surface area contributed by atoms with Crippen molar-refractivity contribution in [2.45, 2.75) is 6.54 Å². The summed E-state index contributed by atoms with van der Waals surface area (Å²) in [7, 11) is 0. The SMILES string of the molecule is Nc1ccnc(CNc2ccc[nH]2)n1. The van der Waals surface area contributed by atoms with Crippen LogP contribution in [0.3, 0.4) is 0 Å².